The van der Waals surface area contributed by atoms with Crippen LogP contribution in [-0.2, 0) is 0 Å². The van der Waals surface area contributed by atoms with E-state index in [-0.39, 0.29) is 17.0 Å². The molecule has 0 radical (unpaired) electrons. The zero-order chi connectivity index (χ0) is 12.8. The topological polar surface area (TPSA) is 32.3 Å². The lowest BCUT2D eigenvalue weighted by Gasteiger charge is -2.36. The van der Waals surface area contributed by atoms with E-state index in [0.717, 1.165) is 44.1 Å². The Labute approximate surface area is 104 Å². The van der Waals surface area contributed by atoms with Crippen LogP contribution in [0.5, 0.6) is 0 Å². The van der Waals surface area contributed by atoms with Crippen LogP contribution in [0.2, 0.25) is 0 Å². The van der Waals surface area contributed by atoms with Crippen molar-refractivity contribution < 1.29 is 13.6 Å². The van der Waals surface area contributed by atoms with Crippen molar-refractivity contribution in [2.45, 2.75) is 18.4 Å². The number of amides is 1. The van der Waals surface area contributed by atoms with Crippen molar-refractivity contribution in [3.05, 3.63) is 35.4 Å². The summed E-state index contributed by atoms with van der Waals surface area (Å²) in [6, 6.07) is 2.98. The molecule has 1 aromatic rings. The minimum absolute atomic E-state index is 0.0978. The van der Waals surface area contributed by atoms with Gasteiger partial charge in [-0.25, -0.2) is 8.78 Å². The molecule has 1 spiro atoms. The first-order valence-electron chi connectivity index (χ1n) is 6.10. The molecule has 1 N–H and O–H groups in total. The van der Waals surface area contributed by atoms with Crippen LogP contribution in [0.4, 0.5) is 8.78 Å². The summed E-state index contributed by atoms with van der Waals surface area (Å²) in [6.45, 7) is 2.10. The average Bonchev–Trinajstić information content (AvgIpc) is 3.08. The zero-order valence-electron chi connectivity index (χ0n) is 9.88. The van der Waals surface area contributed by atoms with Crippen LogP contribution in [0, 0.1) is 11.6 Å². The lowest BCUT2D eigenvalue weighted by Crippen LogP contribution is -2.55. The Morgan fingerprint density at radius 2 is 1.89 bits per heavy atom. The van der Waals surface area contributed by atoms with Crippen LogP contribution in [0.3, 0.4) is 0 Å². The van der Waals surface area contributed by atoms with E-state index in [0.29, 0.717) is 6.54 Å². The maximum atomic E-state index is 13.1. The molecule has 1 aliphatic carbocycles. The molecule has 1 saturated carbocycles. The first-order chi connectivity index (χ1) is 8.61. The van der Waals surface area contributed by atoms with E-state index in [1.165, 1.54) is 0 Å². The van der Waals surface area contributed by atoms with Gasteiger partial charge in [0.2, 0.25) is 0 Å². The molecule has 96 valence electrons. The second kappa shape index (κ2) is 4.02. The molecule has 1 saturated heterocycles. The summed E-state index contributed by atoms with van der Waals surface area (Å²) in [5.74, 6) is -1.69. The van der Waals surface area contributed by atoms with Gasteiger partial charge in [0.05, 0.1) is 5.54 Å². The number of carbonyl (C=O) groups excluding carboxylic acids is 1. The number of piperazine rings is 1. The third kappa shape index (κ3) is 1.88. The van der Waals surface area contributed by atoms with Gasteiger partial charge in [0.25, 0.3) is 5.91 Å². The Bertz CT molecular complexity index is 480. The van der Waals surface area contributed by atoms with E-state index in [1.807, 2.05) is 0 Å². The van der Waals surface area contributed by atoms with E-state index in [9.17, 15) is 13.6 Å². The summed E-state index contributed by atoms with van der Waals surface area (Å²) >= 11 is 0. The zero-order valence-corrected chi connectivity index (χ0v) is 9.88. The molecule has 3 rings (SSSR count). The first-order valence-corrected chi connectivity index (χ1v) is 6.10. The van der Waals surface area contributed by atoms with E-state index in [1.54, 1.807) is 4.90 Å². The number of benzene rings is 1. The molecular weight excluding hydrogens is 238 g/mol. The van der Waals surface area contributed by atoms with Crippen molar-refractivity contribution in [1.29, 1.82) is 0 Å². The maximum absolute atomic E-state index is 13.1. The summed E-state index contributed by atoms with van der Waals surface area (Å²) in [7, 11) is 0. The van der Waals surface area contributed by atoms with Crippen LogP contribution in [0.15, 0.2) is 18.2 Å². The largest absolute Gasteiger partial charge is 0.330 e. The molecular formula is C13H14F2N2O. The highest BCUT2D eigenvalue weighted by molar-refractivity contribution is 5.95. The van der Waals surface area contributed by atoms with Gasteiger partial charge in [-0.2, -0.15) is 0 Å². The summed E-state index contributed by atoms with van der Waals surface area (Å²) in [6.07, 6.45) is 1.92. The van der Waals surface area contributed by atoms with Crippen molar-refractivity contribution in [2.75, 3.05) is 19.6 Å². The number of halogens is 2. The molecule has 0 aromatic heterocycles. The molecule has 3 nitrogen and oxygen atoms in total. The summed E-state index contributed by atoms with van der Waals surface area (Å²) in [4.78, 5) is 14.1. The Balaban J connectivity index is 1.89. The molecule has 0 atom stereocenters. The number of hydrogen-bond donors (Lipinski definition) is 1. The fraction of sp³-hybridized carbons (Fsp3) is 0.462. The van der Waals surface area contributed by atoms with E-state index in [2.05, 4.69) is 5.32 Å². The van der Waals surface area contributed by atoms with Gasteiger partial charge in [-0.3, -0.25) is 4.79 Å². The molecule has 2 fully saturated rings. The van der Waals surface area contributed by atoms with Gasteiger partial charge in [0.15, 0.2) is 0 Å². The lowest BCUT2D eigenvalue weighted by molar-refractivity contribution is 0.0599. The summed E-state index contributed by atoms with van der Waals surface area (Å²) in [5, 5.41) is 3.25. The number of nitrogens with one attached hydrogen (secondary N) is 1. The van der Waals surface area contributed by atoms with Crippen LogP contribution in [0.25, 0.3) is 0 Å². The van der Waals surface area contributed by atoms with Crippen molar-refractivity contribution in [3.63, 3.8) is 0 Å². The third-order valence-electron chi connectivity index (χ3n) is 3.72. The second-order valence-corrected chi connectivity index (χ2v) is 5.02. The van der Waals surface area contributed by atoms with Crippen LogP contribution >= 0.6 is 0 Å². The van der Waals surface area contributed by atoms with Crippen LogP contribution in [-0.4, -0.2) is 36.0 Å². The highest BCUT2D eigenvalue weighted by Gasteiger charge is 2.51. The minimum Gasteiger partial charge on any atom is -0.330 e. The van der Waals surface area contributed by atoms with Gasteiger partial charge in [0, 0.05) is 31.3 Å². The molecule has 0 unspecified atom stereocenters. The van der Waals surface area contributed by atoms with Crippen LogP contribution < -0.4 is 5.32 Å². The predicted octanol–water partition coefficient (Wildman–Crippen LogP) is 1.54. The third-order valence-corrected chi connectivity index (χ3v) is 3.72. The van der Waals surface area contributed by atoms with Gasteiger partial charge in [-0.1, -0.05) is 0 Å². The van der Waals surface area contributed by atoms with Gasteiger partial charge in [-0.05, 0) is 25.0 Å². The minimum atomic E-state index is -0.710. The van der Waals surface area contributed by atoms with Crippen LogP contribution in [0.1, 0.15) is 23.2 Å². The fourth-order valence-electron chi connectivity index (χ4n) is 2.59. The van der Waals surface area contributed by atoms with Gasteiger partial charge in [-0.15, -0.1) is 0 Å². The van der Waals surface area contributed by atoms with E-state index >= 15 is 0 Å². The highest BCUT2D eigenvalue weighted by atomic mass is 19.1. The summed E-state index contributed by atoms with van der Waals surface area (Å²) < 4.78 is 26.3. The summed E-state index contributed by atoms with van der Waals surface area (Å²) in [5.41, 5.74) is -0.0151. The maximum Gasteiger partial charge on any atom is 0.254 e. The van der Waals surface area contributed by atoms with Crippen molar-refractivity contribution in [2.24, 2.45) is 0 Å². The number of hydrogen-bond acceptors (Lipinski definition) is 2. The van der Waals surface area contributed by atoms with E-state index < -0.39 is 11.6 Å². The molecule has 18 heavy (non-hydrogen) atoms. The van der Waals surface area contributed by atoms with Crippen molar-refractivity contribution in [3.8, 4) is 0 Å². The molecule has 5 heteroatoms. The normalized spacial score (nSPS) is 21.1. The van der Waals surface area contributed by atoms with Gasteiger partial charge >= 0.3 is 0 Å². The molecule has 1 aliphatic heterocycles. The Kier molecular flexibility index (Phi) is 2.59. The van der Waals surface area contributed by atoms with Crippen molar-refractivity contribution >= 4 is 5.91 Å². The number of nitrogens with zero attached hydrogens (tertiary/aromatic N) is 1. The van der Waals surface area contributed by atoms with Crippen molar-refractivity contribution in [1.82, 2.24) is 10.2 Å². The molecule has 1 aromatic carbocycles. The molecule has 1 amide bonds. The molecule has 1 heterocycles. The number of carbonyl (C=O) groups is 1. The van der Waals surface area contributed by atoms with Gasteiger partial charge in [0.1, 0.15) is 11.6 Å². The van der Waals surface area contributed by atoms with Gasteiger partial charge < -0.3 is 10.2 Å². The Hall–Kier alpha value is -1.49. The second-order valence-electron chi connectivity index (χ2n) is 5.02. The highest BCUT2D eigenvalue weighted by Crippen LogP contribution is 2.42. The Morgan fingerprint density at radius 1 is 1.22 bits per heavy atom. The van der Waals surface area contributed by atoms with E-state index in [4.69, 9.17) is 0 Å². The fourth-order valence-corrected chi connectivity index (χ4v) is 2.59. The molecule has 0 bridgehead atoms. The SMILES string of the molecule is O=C(c1cc(F)cc(F)c1)N1CCNCC12CC2. The smallest absolute Gasteiger partial charge is 0.254 e. The predicted molar refractivity (Wildman–Crippen MR) is 62.2 cm³/mol. The first kappa shape index (κ1) is 11.6. The Morgan fingerprint density at radius 3 is 2.50 bits per heavy atom. The quantitative estimate of drug-likeness (QED) is 0.822. The molecule has 2 aliphatic rings. The monoisotopic (exact) mass is 252 g/mol. The average molecular weight is 252 g/mol. The lowest BCUT2D eigenvalue weighted by atomic mass is 10.1. The number of rotatable bonds is 1. The standard InChI is InChI=1S/C13H14F2N2O/c14-10-5-9(6-11(15)7-10)12(18)17-4-3-16-8-13(17)1-2-13/h5-7,16H,1-4,8H2.